The molecule has 0 saturated heterocycles. The van der Waals surface area contributed by atoms with E-state index in [0.717, 1.165) is 38.3 Å². The van der Waals surface area contributed by atoms with Gasteiger partial charge >= 0.3 is 5.97 Å². The summed E-state index contributed by atoms with van der Waals surface area (Å²) in [6.07, 6.45) is 5.22. The van der Waals surface area contributed by atoms with Crippen LogP contribution < -0.4 is 5.32 Å². The summed E-state index contributed by atoms with van der Waals surface area (Å²) in [7, 11) is 0. The minimum absolute atomic E-state index is 0.427. The molecule has 0 heterocycles. The lowest BCUT2D eigenvalue weighted by molar-refractivity contribution is -0.144. The number of carboxylic acid groups (broad SMARTS) is 1. The zero-order chi connectivity index (χ0) is 14.0. The molecule has 2 rings (SSSR count). The number of rotatable bonds is 7. The first-order chi connectivity index (χ1) is 8.98. The number of likely N-dealkylation sites (N-methyl/N-ethyl adjacent to an activating group) is 1. The van der Waals surface area contributed by atoms with Crippen LogP contribution in [0.15, 0.2) is 0 Å². The average Bonchev–Trinajstić information content (AvgIpc) is 3.06. The van der Waals surface area contributed by atoms with Crippen molar-refractivity contribution in [1.29, 1.82) is 0 Å². The molecule has 0 spiro atoms. The van der Waals surface area contributed by atoms with Crippen molar-refractivity contribution in [2.45, 2.75) is 70.5 Å². The molecule has 4 heteroatoms. The number of aliphatic carboxylic acids is 1. The summed E-state index contributed by atoms with van der Waals surface area (Å²) in [5.74, 6) is 0.188. The average molecular weight is 268 g/mol. The van der Waals surface area contributed by atoms with Gasteiger partial charge in [-0.25, -0.2) is 0 Å². The fourth-order valence-electron chi connectivity index (χ4n) is 3.45. The Morgan fingerprint density at radius 3 is 2.58 bits per heavy atom. The molecule has 2 saturated carbocycles. The number of hydrogen-bond acceptors (Lipinski definition) is 3. The van der Waals surface area contributed by atoms with Gasteiger partial charge in [0, 0.05) is 18.6 Å². The molecule has 4 nitrogen and oxygen atoms in total. The van der Waals surface area contributed by atoms with Gasteiger partial charge in [-0.3, -0.25) is 9.69 Å². The highest BCUT2D eigenvalue weighted by Crippen LogP contribution is 2.37. The van der Waals surface area contributed by atoms with Crippen molar-refractivity contribution >= 4 is 5.97 Å². The Balaban J connectivity index is 2.02. The SMILES string of the molecule is CCNC1(C(=O)O)CCC(N(CC2CC2)C(C)C)C1. The van der Waals surface area contributed by atoms with Crippen molar-refractivity contribution in [2.75, 3.05) is 13.1 Å². The molecule has 0 bridgehead atoms. The predicted molar refractivity (Wildman–Crippen MR) is 76.2 cm³/mol. The van der Waals surface area contributed by atoms with Gasteiger partial charge in [0.15, 0.2) is 0 Å². The molecule has 0 radical (unpaired) electrons. The van der Waals surface area contributed by atoms with Crippen LogP contribution in [0.4, 0.5) is 0 Å². The Morgan fingerprint density at radius 2 is 2.11 bits per heavy atom. The summed E-state index contributed by atoms with van der Waals surface area (Å²) in [4.78, 5) is 14.1. The molecule has 2 aliphatic carbocycles. The monoisotopic (exact) mass is 268 g/mol. The van der Waals surface area contributed by atoms with Crippen molar-refractivity contribution in [1.82, 2.24) is 10.2 Å². The number of carboxylic acids is 1. The van der Waals surface area contributed by atoms with Crippen molar-refractivity contribution in [3.8, 4) is 0 Å². The summed E-state index contributed by atoms with van der Waals surface area (Å²) in [5, 5.41) is 12.8. The van der Waals surface area contributed by atoms with Gasteiger partial charge in [-0.05, 0) is 58.4 Å². The molecule has 2 atom stereocenters. The first-order valence-corrected chi connectivity index (χ1v) is 7.72. The van der Waals surface area contributed by atoms with E-state index in [0.29, 0.717) is 12.1 Å². The molecule has 2 aliphatic rings. The van der Waals surface area contributed by atoms with E-state index >= 15 is 0 Å². The topological polar surface area (TPSA) is 52.6 Å². The summed E-state index contributed by atoms with van der Waals surface area (Å²) >= 11 is 0. The third-order valence-corrected chi connectivity index (χ3v) is 4.71. The van der Waals surface area contributed by atoms with Gasteiger partial charge in [0.1, 0.15) is 5.54 Å². The molecule has 19 heavy (non-hydrogen) atoms. The first kappa shape index (κ1) is 14.8. The number of nitrogens with zero attached hydrogens (tertiary/aromatic N) is 1. The van der Waals surface area contributed by atoms with Crippen LogP contribution in [0, 0.1) is 5.92 Å². The van der Waals surface area contributed by atoms with Crippen LogP contribution in [0.2, 0.25) is 0 Å². The van der Waals surface area contributed by atoms with E-state index in [4.69, 9.17) is 0 Å². The van der Waals surface area contributed by atoms with Gasteiger partial charge in [-0.2, -0.15) is 0 Å². The fourth-order valence-corrected chi connectivity index (χ4v) is 3.45. The molecule has 2 N–H and O–H groups in total. The smallest absolute Gasteiger partial charge is 0.323 e. The quantitative estimate of drug-likeness (QED) is 0.742. The Hall–Kier alpha value is -0.610. The Morgan fingerprint density at radius 1 is 1.42 bits per heavy atom. The molecule has 0 aromatic rings. The maximum Gasteiger partial charge on any atom is 0.323 e. The van der Waals surface area contributed by atoms with Gasteiger partial charge in [0.05, 0.1) is 0 Å². The second-order valence-corrected chi connectivity index (χ2v) is 6.55. The number of hydrogen-bond donors (Lipinski definition) is 2. The minimum atomic E-state index is -0.684. The summed E-state index contributed by atoms with van der Waals surface area (Å²) in [5.41, 5.74) is -0.684. The largest absolute Gasteiger partial charge is 0.480 e. The summed E-state index contributed by atoms with van der Waals surface area (Å²) in [6, 6.07) is 0.938. The maximum atomic E-state index is 11.6. The van der Waals surface area contributed by atoms with Crippen LogP contribution in [-0.2, 0) is 4.79 Å². The van der Waals surface area contributed by atoms with Crippen molar-refractivity contribution in [2.24, 2.45) is 5.92 Å². The lowest BCUT2D eigenvalue weighted by Gasteiger charge is -2.34. The first-order valence-electron chi connectivity index (χ1n) is 7.72. The van der Waals surface area contributed by atoms with Crippen LogP contribution in [0.1, 0.15) is 52.9 Å². The van der Waals surface area contributed by atoms with Crippen LogP contribution in [0.25, 0.3) is 0 Å². The van der Waals surface area contributed by atoms with Gasteiger partial charge in [-0.15, -0.1) is 0 Å². The van der Waals surface area contributed by atoms with Crippen molar-refractivity contribution < 1.29 is 9.90 Å². The molecule has 110 valence electrons. The van der Waals surface area contributed by atoms with E-state index in [1.165, 1.54) is 12.8 Å². The third kappa shape index (κ3) is 3.29. The molecule has 0 aromatic carbocycles. The summed E-state index contributed by atoms with van der Waals surface area (Å²) in [6.45, 7) is 8.34. The highest BCUT2D eigenvalue weighted by Gasteiger charge is 2.47. The zero-order valence-corrected chi connectivity index (χ0v) is 12.5. The van der Waals surface area contributed by atoms with Crippen LogP contribution >= 0.6 is 0 Å². The Kier molecular flexibility index (Phi) is 4.51. The molecule has 2 fully saturated rings. The molecule has 0 aromatic heterocycles. The van der Waals surface area contributed by atoms with E-state index in [1.54, 1.807) is 0 Å². The van der Waals surface area contributed by atoms with E-state index in [-0.39, 0.29) is 0 Å². The standard InChI is InChI=1S/C15H28N2O2/c1-4-16-15(14(18)19)8-7-13(9-15)17(11(2)3)10-12-5-6-12/h11-13,16H,4-10H2,1-3H3,(H,18,19). The van der Waals surface area contributed by atoms with Gasteiger partial charge < -0.3 is 10.4 Å². The van der Waals surface area contributed by atoms with Crippen LogP contribution in [0.5, 0.6) is 0 Å². The van der Waals surface area contributed by atoms with Crippen molar-refractivity contribution in [3.63, 3.8) is 0 Å². The van der Waals surface area contributed by atoms with Crippen molar-refractivity contribution in [3.05, 3.63) is 0 Å². The normalized spacial score (nSPS) is 31.3. The van der Waals surface area contributed by atoms with Gasteiger partial charge in [-0.1, -0.05) is 6.92 Å². The van der Waals surface area contributed by atoms with Gasteiger partial charge in [0.2, 0.25) is 0 Å². The Bertz CT molecular complexity index is 328. The number of carbonyl (C=O) groups is 1. The Labute approximate surface area is 116 Å². The molecular formula is C15H28N2O2. The second kappa shape index (κ2) is 5.80. The zero-order valence-electron chi connectivity index (χ0n) is 12.5. The lowest BCUT2D eigenvalue weighted by atomic mass is 9.97. The third-order valence-electron chi connectivity index (χ3n) is 4.71. The molecular weight excluding hydrogens is 240 g/mol. The molecule has 0 aliphatic heterocycles. The van der Waals surface area contributed by atoms with E-state index in [9.17, 15) is 9.90 Å². The van der Waals surface area contributed by atoms with E-state index in [1.807, 2.05) is 6.92 Å². The maximum absolute atomic E-state index is 11.6. The predicted octanol–water partition coefficient (Wildman–Crippen LogP) is 2.09. The second-order valence-electron chi connectivity index (χ2n) is 6.55. The summed E-state index contributed by atoms with van der Waals surface area (Å²) < 4.78 is 0. The number of nitrogens with one attached hydrogen (secondary N) is 1. The molecule has 2 unspecified atom stereocenters. The van der Waals surface area contributed by atoms with Crippen LogP contribution in [-0.4, -0.2) is 46.7 Å². The van der Waals surface area contributed by atoms with Crippen LogP contribution in [0.3, 0.4) is 0 Å². The fraction of sp³-hybridized carbons (Fsp3) is 0.933. The highest BCUT2D eigenvalue weighted by atomic mass is 16.4. The van der Waals surface area contributed by atoms with E-state index < -0.39 is 11.5 Å². The van der Waals surface area contributed by atoms with Gasteiger partial charge in [0.25, 0.3) is 0 Å². The van der Waals surface area contributed by atoms with E-state index in [2.05, 4.69) is 24.1 Å². The minimum Gasteiger partial charge on any atom is -0.480 e. The highest BCUT2D eigenvalue weighted by molar-refractivity contribution is 5.79. The molecule has 0 amide bonds. The lowest BCUT2D eigenvalue weighted by Crippen LogP contribution is -2.52.